The van der Waals surface area contributed by atoms with Crippen molar-refractivity contribution >= 4 is 22.5 Å². The van der Waals surface area contributed by atoms with E-state index in [1.807, 2.05) is 6.07 Å². The number of rotatable bonds is 3. The van der Waals surface area contributed by atoms with Gasteiger partial charge in [0.2, 0.25) is 5.43 Å². The molecule has 2 rings (SSSR count). The Bertz CT molecular complexity index is 716. The number of H-pyrrole nitrogens is 1. The van der Waals surface area contributed by atoms with Crippen LogP contribution in [-0.4, -0.2) is 17.7 Å². The van der Waals surface area contributed by atoms with Gasteiger partial charge in [0.25, 0.3) is 0 Å². The summed E-state index contributed by atoms with van der Waals surface area (Å²) in [7, 11) is 1.47. The van der Waals surface area contributed by atoms with Crippen molar-refractivity contribution in [2.45, 2.75) is 12.5 Å². The summed E-state index contributed by atoms with van der Waals surface area (Å²) in [6.45, 7) is 1.67. The highest BCUT2D eigenvalue weighted by molar-refractivity contribution is 6.19. The van der Waals surface area contributed by atoms with Crippen LogP contribution in [0.4, 0.5) is 0 Å². The summed E-state index contributed by atoms with van der Waals surface area (Å²) in [5.41, 5.74) is -0.275. The Morgan fingerprint density at radius 1 is 1.42 bits per heavy atom. The van der Waals surface area contributed by atoms with Gasteiger partial charge >= 0.3 is 0 Å². The van der Waals surface area contributed by atoms with Crippen molar-refractivity contribution in [1.29, 1.82) is 5.26 Å². The van der Waals surface area contributed by atoms with Crippen LogP contribution < -0.4 is 14.9 Å². The molecule has 0 aliphatic heterocycles. The van der Waals surface area contributed by atoms with Crippen molar-refractivity contribution in [3.63, 3.8) is 0 Å². The van der Waals surface area contributed by atoms with Gasteiger partial charge in [-0.05, 0) is 13.0 Å². The quantitative estimate of drug-likeness (QED) is 0.875. The van der Waals surface area contributed by atoms with E-state index in [9.17, 15) is 4.79 Å². The van der Waals surface area contributed by atoms with Crippen LogP contribution in [-0.2, 0) is 0 Å². The molecule has 98 valence electrons. The molecule has 1 heterocycles. The number of hydrogen-bond donors (Lipinski definition) is 1. The number of hydrogen-bond acceptors (Lipinski definition) is 4. The highest BCUT2D eigenvalue weighted by Gasteiger charge is 2.12. The molecule has 1 unspecified atom stereocenters. The Hall–Kier alpha value is -2.19. The molecule has 1 aromatic heterocycles. The molecule has 2 aromatic rings. The van der Waals surface area contributed by atoms with E-state index in [4.69, 9.17) is 26.3 Å². The van der Waals surface area contributed by atoms with Gasteiger partial charge in [-0.3, -0.25) is 4.79 Å². The lowest BCUT2D eigenvalue weighted by molar-refractivity contribution is 0.281. The molecule has 0 spiro atoms. The summed E-state index contributed by atoms with van der Waals surface area (Å²) in [5, 5.41) is 9.20. The molecule has 19 heavy (non-hydrogen) atoms. The first kappa shape index (κ1) is 13.2. The van der Waals surface area contributed by atoms with Crippen LogP contribution >= 0.6 is 11.6 Å². The predicted octanol–water partition coefficient (Wildman–Crippen LogP) is 2.37. The molecule has 6 heteroatoms. The number of nitriles is 1. The number of aromatic amines is 1. The molecule has 1 N–H and O–H groups in total. The molecule has 0 saturated heterocycles. The van der Waals surface area contributed by atoms with Gasteiger partial charge in [0.1, 0.15) is 11.6 Å². The summed E-state index contributed by atoms with van der Waals surface area (Å²) in [5.74, 6) is 0.818. The van der Waals surface area contributed by atoms with Crippen LogP contribution in [0.25, 0.3) is 10.9 Å². The summed E-state index contributed by atoms with van der Waals surface area (Å²) < 4.78 is 10.6. The molecule has 0 bridgehead atoms. The normalized spacial score (nSPS) is 11.9. The minimum Gasteiger partial charge on any atom is -0.493 e. The third kappa shape index (κ3) is 2.49. The molecule has 0 fully saturated rings. The van der Waals surface area contributed by atoms with E-state index in [0.29, 0.717) is 22.4 Å². The second kappa shape index (κ2) is 5.21. The van der Waals surface area contributed by atoms with Gasteiger partial charge in [0.05, 0.1) is 18.0 Å². The summed E-state index contributed by atoms with van der Waals surface area (Å²) in [6.07, 6.45) is 1.37. The summed E-state index contributed by atoms with van der Waals surface area (Å²) in [6, 6.07) is 4.99. The second-order valence-electron chi connectivity index (χ2n) is 3.85. The average Bonchev–Trinajstić information content (AvgIpc) is 2.38. The number of halogens is 1. The first-order valence-corrected chi connectivity index (χ1v) is 5.94. The fraction of sp³-hybridized carbons (Fsp3) is 0.231. The molecule has 0 aliphatic carbocycles. The van der Waals surface area contributed by atoms with Crippen LogP contribution in [0.1, 0.15) is 12.5 Å². The van der Waals surface area contributed by atoms with E-state index in [1.165, 1.54) is 19.4 Å². The van der Waals surface area contributed by atoms with Crippen molar-refractivity contribution in [3.05, 3.63) is 34.1 Å². The lowest BCUT2D eigenvalue weighted by Crippen LogP contribution is -2.09. The Balaban J connectivity index is 2.71. The van der Waals surface area contributed by atoms with Gasteiger partial charge in [-0.25, -0.2) is 0 Å². The third-order valence-corrected chi connectivity index (χ3v) is 2.66. The molecule has 0 amide bonds. The first-order chi connectivity index (χ1) is 9.06. The SMILES string of the molecule is COc1cc2c(=O)c(C#N)c[nH]c2cc1OC(C)Cl. The van der Waals surface area contributed by atoms with Gasteiger partial charge in [0.15, 0.2) is 17.1 Å². The third-order valence-electron chi connectivity index (χ3n) is 2.57. The number of alkyl halides is 1. The molecular formula is C13H11ClN2O3. The highest BCUT2D eigenvalue weighted by atomic mass is 35.5. The predicted molar refractivity (Wildman–Crippen MR) is 71.8 cm³/mol. The molecule has 5 nitrogen and oxygen atoms in total. The van der Waals surface area contributed by atoms with Crippen LogP contribution in [0.3, 0.4) is 0 Å². The zero-order valence-corrected chi connectivity index (χ0v) is 11.1. The van der Waals surface area contributed by atoms with Crippen LogP contribution in [0, 0.1) is 11.3 Å². The van der Waals surface area contributed by atoms with Crippen LogP contribution in [0.15, 0.2) is 23.1 Å². The largest absolute Gasteiger partial charge is 0.493 e. The van der Waals surface area contributed by atoms with Crippen molar-refractivity contribution < 1.29 is 9.47 Å². The zero-order chi connectivity index (χ0) is 14.0. The van der Waals surface area contributed by atoms with Gasteiger partial charge in [-0.2, -0.15) is 5.26 Å². The molecule has 0 aliphatic rings. The Morgan fingerprint density at radius 2 is 2.16 bits per heavy atom. The molecule has 1 atom stereocenters. The van der Waals surface area contributed by atoms with Crippen molar-refractivity contribution in [2.75, 3.05) is 7.11 Å². The van der Waals surface area contributed by atoms with Crippen molar-refractivity contribution in [3.8, 4) is 17.6 Å². The Kier molecular flexibility index (Phi) is 3.63. The summed E-state index contributed by atoms with van der Waals surface area (Å²) >= 11 is 5.78. The molecule has 0 radical (unpaired) electrons. The standard InChI is InChI=1S/C13H11ClN2O3/c1-7(14)19-12-4-10-9(3-11(12)18-2)13(17)8(5-15)6-16-10/h3-4,6-7H,1-2H3,(H,16,17). The maximum Gasteiger partial charge on any atom is 0.207 e. The fourth-order valence-electron chi connectivity index (χ4n) is 1.74. The number of benzene rings is 1. The highest BCUT2D eigenvalue weighted by Crippen LogP contribution is 2.31. The second-order valence-corrected chi connectivity index (χ2v) is 4.47. The smallest absolute Gasteiger partial charge is 0.207 e. The number of ether oxygens (including phenoxy) is 2. The zero-order valence-electron chi connectivity index (χ0n) is 10.4. The lowest BCUT2D eigenvalue weighted by Gasteiger charge is -2.13. The van der Waals surface area contributed by atoms with Crippen molar-refractivity contribution in [2.24, 2.45) is 0 Å². The number of pyridine rings is 1. The van der Waals surface area contributed by atoms with Gasteiger partial charge in [-0.15, -0.1) is 0 Å². The van der Waals surface area contributed by atoms with E-state index >= 15 is 0 Å². The number of fused-ring (bicyclic) bond motifs is 1. The van der Waals surface area contributed by atoms with E-state index in [-0.39, 0.29) is 11.0 Å². The minimum atomic E-state index is -0.531. The van der Waals surface area contributed by atoms with E-state index < -0.39 is 5.56 Å². The number of aromatic nitrogens is 1. The minimum absolute atomic E-state index is 0.0499. The monoisotopic (exact) mass is 278 g/mol. The van der Waals surface area contributed by atoms with Crippen molar-refractivity contribution in [1.82, 2.24) is 4.98 Å². The van der Waals surface area contributed by atoms with Crippen LogP contribution in [0.5, 0.6) is 11.5 Å². The molecular weight excluding hydrogens is 268 g/mol. The van der Waals surface area contributed by atoms with Gasteiger partial charge in [-0.1, -0.05) is 11.6 Å². The Labute approximate surface area is 114 Å². The lowest BCUT2D eigenvalue weighted by atomic mass is 10.1. The fourth-order valence-corrected chi connectivity index (χ4v) is 1.83. The maximum absolute atomic E-state index is 12.0. The Morgan fingerprint density at radius 3 is 2.74 bits per heavy atom. The van der Waals surface area contributed by atoms with Gasteiger partial charge in [0, 0.05) is 12.3 Å². The van der Waals surface area contributed by atoms with E-state index in [1.54, 1.807) is 13.0 Å². The van der Waals surface area contributed by atoms with E-state index in [2.05, 4.69) is 4.98 Å². The van der Waals surface area contributed by atoms with E-state index in [0.717, 1.165) is 0 Å². The number of methoxy groups -OCH3 is 1. The molecule has 0 saturated carbocycles. The van der Waals surface area contributed by atoms with Crippen LogP contribution in [0.2, 0.25) is 0 Å². The first-order valence-electron chi connectivity index (χ1n) is 5.51. The average molecular weight is 279 g/mol. The molecule has 1 aromatic carbocycles. The van der Waals surface area contributed by atoms with Gasteiger partial charge < -0.3 is 14.5 Å². The topological polar surface area (TPSA) is 75.1 Å². The summed E-state index contributed by atoms with van der Waals surface area (Å²) in [4.78, 5) is 14.9. The number of nitrogens with one attached hydrogen (secondary N) is 1. The maximum atomic E-state index is 12.0. The number of nitrogens with zero attached hydrogens (tertiary/aromatic N) is 1.